The van der Waals surface area contributed by atoms with E-state index in [1.165, 1.54) is 0 Å². The Morgan fingerprint density at radius 2 is 2.83 bits per heavy atom. The Morgan fingerprint density at radius 3 is 2.83 bits per heavy atom. The molecule has 0 aromatic heterocycles. The Hall–Kier alpha value is -0.0500. The molecular weight excluding hydrogens is 148 g/mol. The lowest BCUT2D eigenvalue weighted by molar-refractivity contribution is -0.137. The Balaban J connectivity index is 3.82. The van der Waals surface area contributed by atoms with E-state index in [9.17, 15) is 4.79 Å². The molecule has 36 valence electrons. The fraction of sp³-hybridized carbons (Fsp3) is 0.667. The summed E-state index contributed by atoms with van der Waals surface area (Å²) in [5.41, 5.74) is 0. The SMILES string of the molecule is [2H]C([2H])(Br)C(=O)OC. The molecule has 0 atom stereocenters. The molecule has 0 fully saturated rings. The summed E-state index contributed by atoms with van der Waals surface area (Å²) in [4.78, 5) is 10.2. The number of carbonyl (C=O) groups excluding carboxylic acids is 1. The Morgan fingerprint density at radius 1 is 2.33 bits per heavy atom. The van der Waals surface area contributed by atoms with Crippen LogP contribution in [0.15, 0.2) is 0 Å². The van der Waals surface area contributed by atoms with E-state index in [0.29, 0.717) is 0 Å². The van der Waals surface area contributed by atoms with E-state index in [0.717, 1.165) is 7.11 Å². The molecule has 0 heterocycles. The summed E-state index contributed by atoms with van der Waals surface area (Å²) in [5, 5.41) is -2.04. The number of hydrogen-bond acceptors (Lipinski definition) is 2. The first kappa shape index (κ1) is 3.02. The molecule has 6 heavy (non-hydrogen) atoms. The van der Waals surface area contributed by atoms with Crippen molar-refractivity contribution < 1.29 is 12.3 Å². The van der Waals surface area contributed by atoms with E-state index in [2.05, 4.69) is 20.7 Å². The number of methoxy groups -OCH3 is 1. The van der Waals surface area contributed by atoms with Crippen LogP contribution in [0.2, 0.25) is 0 Å². The standard InChI is InChI=1S/C3H5BrO2/c1-6-3(5)2-4/h2H2,1H3/i2D2. The van der Waals surface area contributed by atoms with Crippen LogP contribution in [-0.4, -0.2) is 18.4 Å². The third-order valence-electron chi connectivity index (χ3n) is 0.263. The van der Waals surface area contributed by atoms with Gasteiger partial charge in [0, 0.05) is 0 Å². The predicted molar refractivity (Wildman–Crippen MR) is 25.8 cm³/mol. The first-order valence-corrected chi connectivity index (χ1v) is 2.05. The molecule has 0 aromatic rings. The summed E-state index contributed by atoms with van der Waals surface area (Å²) in [6.45, 7) is 0. The second kappa shape index (κ2) is 3.15. The van der Waals surface area contributed by atoms with Gasteiger partial charge < -0.3 is 4.74 Å². The van der Waals surface area contributed by atoms with E-state index in [-0.39, 0.29) is 0 Å². The number of rotatable bonds is 1. The fourth-order valence-electron chi connectivity index (χ4n) is 0.0386. The number of halogens is 1. The topological polar surface area (TPSA) is 26.3 Å². The molecule has 0 spiro atoms. The first-order chi connectivity index (χ1) is 3.48. The normalized spacial score (nSPS) is 15.0. The molecule has 0 amide bonds. The van der Waals surface area contributed by atoms with Gasteiger partial charge in [-0.2, -0.15) is 0 Å². The zero-order chi connectivity index (χ0) is 6.78. The van der Waals surface area contributed by atoms with E-state index in [1.807, 2.05) is 0 Å². The van der Waals surface area contributed by atoms with Crippen LogP contribution >= 0.6 is 15.9 Å². The molecule has 0 saturated heterocycles. The highest BCUT2D eigenvalue weighted by molar-refractivity contribution is 9.09. The minimum absolute atomic E-state index is 0.919. The molecule has 3 heteroatoms. The third-order valence-corrected chi connectivity index (χ3v) is 0.586. The van der Waals surface area contributed by atoms with Crippen molar-refractivity contribution in [3.63, 3.8) is 0 Å². The van der Waals surface area contributed by atoms with Gasteiger partial charge in [-0.1, -0.05) is 15.9 Å². The molecular formula is C3H5BrO2. The van der Waals surface area contributed by atoms with Crippen LogP contribution in [-0.2, 0) is 9.53 Å². The average Bonchev–Trinajstić information content (AvgIpc) is 1.62. The quantitative estimate of drug-likeness (QED) is 0.408. The Kier molecular flexibility index (Phi) is 1.59. The number of alkyl halides is 1. The van der Waals surface area contributed by atoms with Crippen LogP contribution in [0.25, 0.3) is 0 Å². The lowest BCUT2D eigenvalue weighted by atomic mass is 10.8. The van der Waals surface area contributed by atoms with Gasteiger partial charge in [-0.15, -0.1) is 0 Å². The smallest absolute Gasteiger partial charge is 0.316 e. The van der Waals surface area contributed by atoms with Crippen LogP contribution in [0.1, 0.15) is 2.74 Å². The fourth-order valence-corrected chi connectivity index (χ4v) is 0.200. The monoisotopic (exact) mass is 154 g/mol. The van der Waals surface area contributed by atoms with Gasteiger partial charge in [0.05, 0.1) is 9.85 Å². The predicted octanol–water partition coefficient (Wildman–Crippen LogP) is 0.554. The highest BCUT2D eigenvalue weighted by atomic mass is 79.9. The summed E-state index contributed by atoms with van der Waals surface area (Å²) in [5.74, 6) is -0.919. The molecule has 0 rings (SSSR count). The third kappa shape index (κ3) is 2.20. The van der Waals surface area contributed by atoms with E-state index in [4.69, 9.17) is 2.74 Å². The summed E-state index contributed by atoms with van der Waals surface area (Å²) >= 11 is 2.46. The maximum absolute atomic E-state index is 10.2. The minimum atomic E-state index is -2.04. The summed E-state index contributed by atoms with van der Waals surface area (Å²) < 4.78 is 17.3. The van der Waals surface area contributed by atoms with Gasteiger partial charge in [0.15, 0.2) is 0 Å². The molecule has 0 bridgehead atoms. The van der Waals surface area contributed by atoms with Gasteiger partial charge >= 0.3 is 5.97 Å². The Bertz CT molecular complexity index is 97.9. The van der Waals surface area contributed by atoms with Crippen molar-refractivity contribution in [3.8, 4) is 0 Å². The lowest BCUT2D eigenvalue weighted by Crippen LogP contribution is -1.99. The summed E-state index contributed by atoms with van der Waals surface area (Å²) in [7, 11) is 1.13. The minimum Gasteiger partial charge on any atom is -0.468 e. The van der Waals surface area contributed by atoms with Crippen molar-refractivity contribution in [2.75, 3.05) is 12.4 Å². The van der Waals surface area contributed by atoms with Crippen LogP contribution in [0.3, 0.4) is 0 Å². The number of hydrogen-bond donors (Lipinski definition) is 0. The van der Waals surface area contributed by atoms with Crippen LogP contribution in [0.4, 0.5) is 0 Å². The largest absolute Gasteiger partial charge is 0.468 e. The first-order valence-electron chi connectivity index (χ1n) is 2.26. The lowest BCUT2D eigenvalue weighted by Gasteiger charge is -1.86. The Labute approximate surface area is 47.4 Å². The average molecular weight is 155 g/mol. The van der Waals surface area contributed by atoms with Crippen molar-refractivity contribution in [2.45, 2.75) is 0 Å². The van der Waals surface area contributed by atoms with Crippen molar-refractivity contribution in [2.24, 2.45) is 0 Å². The molecule has 0 saturated carbocycles. The molecule has 0 aliphatic rings. The molecule has 0 N–H and O–H groups in total. The highest BCUT2D eigenvalue weighted by Crippen LogP contribution is 1.79. The zero-order valence-electron chi connectivity index (χ0n) is 5.19. The summed E-state index contributed by atoms with van der Waals surface area (Å²) in [6.07, 6.45) is 0. The maximum atomic E-state index is 10.2. The van der Waals surface area contributed by atoms with E-state index in [1.54, 1.807) is 0 Å². The molecule has 0 radical (unpaired) electrons. The summed E-state index contributed by atoms with van der Waals surface area (Å²) in [6, 6.07) is 0. The van der Waals surface area contributed by atoms with Gasteiger partial charge in [0.2, 0.25) is 0 Å². The van der Waals surface area contributed by atoms with Crippen molar-refractivity contribution in [1.29, 1.82) is 0 Å². The van der Waals surface area contributed by atoms with Crippen molar-refractivity contribution in [3.05, 3.63) is 0 Å². The van der Waals surface area contributed by atoms with Gasteiger partial charge in [0.25, 0.3) is 0 Å². The van der Waals surface area contributed by atoms with Crippen molar-refractivity contribution >= 4 is 21.9 Å². The molecule has 0 unspecified atom stereocenters. The van der Waals surface area contributed by atoms with Gasteiger partial charge in [-0.25, -0.2) is 0 Å². The van der Waals surface area contributed by atoms with Gasteiger partial charge in [-0.3, -0.25) is 4.79 Å². The van der Waals surface area contributed by atoms with Gasteiger partial charge in [-0.05, 0) is 0 Å². The molecule has 2 nitrogen and oxygen atoms in total. The zero-order valence-corrected chi connectivity index (χ0v) is 4.78. The second-order valence-electron chi connectivity index (χ2n) is 0.586. The van der Waals surface area contributed by atoms with Gasteiger partial charge in [0.1, 0.15) is 5.28 Å². The second-order valence-corrected chi connectivity index (χ2v) is 0.983. The van der Waals surface area contributed by atoms with Crippen LogP contribution in [0, 0.1) is 0 Å². The van der Waals surface area contributed by atoms with Crippen LogP contribution in [0.5, 0.6) is 0 Å². The highest BCUT2D eigenvalue weighted by Gasteiger charge is 1.89. The van der Waals surface area contributed by atoms with Crippen LogP contribution < -0.4 is 0 Å². The number of carbonyl (C=O) groups is 1. The number of esters is 1. The molecule has 0 aliphatic heterocycles. The number of ether oxygens (including phenoxy) is 1. The van der Waals surface area contributed by atoms with E-state index >= 15 is 0 Å². The maximum Gasteiger partial charge on any atom is 0.316 e. The molecule has 0 aliphatic carbocycles. The van der Waals surface area contributed by atoms with Crippen molar-refractivity contribution in [1.82, 2.24) is 0 Å². The molecule has 0 aromatic carbocycles. The van der Waals surface area contributed by atoms with E-state index < -0.39 is 11.3 Å².